The Morgan fingerprint density at radius 3 is 2.94 bits per heavy atom. The monoisotopic (exact) mass is 240 g/mol. The van der Waals surface area contributed by atoms with Crippen LogP contribution in [0, 0.1) is 11.7 Å². The van der Waals surface area contributed by atoms with Gasteiger partial charge in [0.2, 0.25) is 0 Å². The zero-order valence-electron chi connectivity index (χ0n) is 10.9. The fourth-order valence-electron chi connectivity index (χ4n) is 2.15. The van der Waals surface area contributed by atoms with Crippen LogP contribution in [0.3, 0.4) is 0 Å². The third-order valence-corrected chi connectivity index (χ3v) is 4.65. The van der Waals surface area contributed by atoms with Crippen LogP contribution in [0.2, 0.25) is 0 Å². The maximum absolute atomic E-state index is 3.28. The van der Waals surface area contributed by atoms with Gasteiger partial charge in [-0.2, -0.15) is 0 Å². The highest BCUT2D eigenvalue weighted by molar-refractivity contribution is 7.62. The van der Waals surface area contributed by atoms with Crippen molar-refractivity contribution < 1.29 is 0 Å². The first-order valence-electron chi connectivity index (χ1n) is 6.36. The van der Waals surface area contributed by atoms with Gasteiger partial charge in [-0.3, -0.25) is 0 Å². The summed E-state index contributed by atoms with van der Waals surface area (Å²) in [5.74, 6) is 0. The molecule has 1 saturated heterocycles. The Morgan fingerprint density at radius 2 is 2.19 bits per heavy atom. The third-order valence-electron chi connectivity index (χ3n) is 3.28. The Morgan fingerprint density at radius 1 is 1.38 bits per heavy atom. The van der Waals surface area contributed by atoms with E-state index >= 15 is 0 Å². The predicted octanol–water partition coefficient (Wildman–Crippen LogP) is 2.50. The highest BCUT2D eigenvalue weighted by Gasteiger charge is 2.16. The zero-order chi connectivity index (χ0) is 11.8. The van der Waals surface area contributed by atoms with Gasteiger partial charge in [-0.1, -0.05) is 18.5 Å². The highest BCUT2D eigenvalue weighted by Crippen LogP contribution is 2.28. The summed E-state index contributed by atoms with van der Waals surface area (Å²) in [5, 5.41) is 2.90. The van der Waals surface area contributed by atoms with E-state index in [1.807, 2.05) is 7.05 Å². The van der Waals surface area contributed by atoms with E-state index in [-0.39, 0.29) is 7.92 Å². The smallest absolute Gasteiger partial charge is 0.0116 e. The lowest BCUT2D eigenvalue weighted by molar-refractivity contribution is 0.227. The lowest BCUT2D eigenvalue weighted by Gasteiger charge is -2.27. The van der Waals surface area contributed by atoms with Crippen LogP contribution in [-0.4, -0.2) is 43.9 Å². The maximum Gasteiger partial charge on any atom is 0.0116 e. The van der Waals surface area contributed by atoms with Gasteiger partial charge < -0.3 is 10.2 Å². The second-order valence-corrected chi connectivity index (χ2v) is 6.71. The van der Waals surface area contributed by atoms with E-state index in [4.69, 9.17) is 0 Å². The standard InChI is InChI=1S/C13H25N2P/c1-13-7-5-4-6-9-15(13)10-12-16(3)11-8-14-2/h13-14H,4-7,9-10,12H2,1-3H3. The second kappa shape index (κ2) is 7.93. The van der Waals surface area contributed by atoms with Crippen molar-refractivity contribution in [2.24, 2.45) is 0 Å². The molecule has 0 radical (unpaired) electrons. The molecule has 0 aromatic heterocycles. The molecule has 0 saturated carbocycles. The van der Waals surface area contributed by atoms with Gasteiger partial charge in [0.05, 0.1) is 0 Å². The van der Waals surface area contributed by atoms with Crippen LogP contribution < -0.4 is 5.32 Å². The summed E-state index contributed by atoms with van der Waals surface area (Å²) in [7, 11) is 1.78. The minimum atomic E-state index is -0.104. The second-order valence-electron chi connectivity index (χ2n) is 4.64. The van der Waals surface area contributed by atoms with Crippen LogP contribution >= 0.6 is 7.92 Å². The van der Waals surface area contributed by atoms with E-state index in [2.05, 4.69) is 35.5 Å². The molecule has 0 bridgehead atoms. The zero-order valence-corrected chi connectivity index (χ0v) is 11.8. The first-order valence-corrected chi connectivity index (χ1v) is 8.34. The van der Waals surface area contributed by atoms with Gasteiger partial charge in [0, 0.05) is 25.7 Å². The topological polar surface area (TPSA) is 15.3 Å². The van der Waals surface area contributed by atoms with E-state index < -0.39 is 0 Å². The van der Waals surface area contributed by atoms with Crippen LogP contribution in [0.4, 0.5) is 0 Å². The van der Waals surface area contributed by atoms with Crippen molar-refractivity contribution in [1.82, 2.24) is 10.2 Å². The third kappa shape index (κ3) is 5.19. The molecule has 1 N–H and O–H groups in total. The molecular weight excluding hydrogens is 215 g/mol. The summed E-state index contributed by atoms with van der Waals surface area (Å²) in [6.45, 7) is 7.19. The van der Waals surface area contributed by atoms with Crippen molar-refractivity contribution >= 4 is 7.92 Å². The van der Waals surface area contributed by atoms with Gasteiger partial charge in [-0.25, -0.2) is 0 Å². The molecule has 1 rings (SSSR count). The molecule has 2 unspecified atom stereocenters. The molecule has 2 nitrogen and oxygen atoms in total. The number of hydrogen-bond donors (Lipinski definition) is 1. The number of nitrogens with one attached hydrogen (secondary N) is 1. The summed E-state index contributed by atoms with van der Waals surface area (Å²) in [4.78, 5) is 2.66. The number of likely N-dealkylation sites (tertiary alicyclic amines) is 1. The van der Waals surface area contributed by atoms with Gasteiger partial charge in [-0.15, -0.1) is 0 Å². The lowest BCUT2D eigenvalue weighted by atomic mass is 10.1. The molecule has 0 aromatic rings. The predicted molar refractivity (Wildman–Crippen MR) is 74.0 cm³/mol. The minimum Gasteiger partial charge on any atom is -0.349 e. The van der Waals surface area contributed by atoms with Crippen LogP contribution in [0.5, 0.6) is 0 Å². The number of nitrogens with zero attached hydrogens (tertiary/aromatic N) is 1. The van der Waals surface area contributed by atoms with E-state index in [1.54, 1.807) is 0 Å². The molecule has 1 aliphatic heterocycles. The van der Waals surface area contributed by atoms with Crippen LogP contribution in [-0.2, 0) is 0 Å². The molecule has 3 heteroatoms. The summed E-state index contributed by atoms with van der Waals surface area (Å²) < 4.78 is 0. The fourth-order valence-corrected chi connectivity index (χ4v) is 3.12. The van der Waals surface area contributed by atoms with Crippen molar-refractivity contribution in [3.8, 4) is 11.7 Å². The van der Waals surface area contributed by atoms with Crippen molar-refractivity contribution in [2.75, 3.05) is 33.0 Å². The Balaban J connectivity index is 2.29. The van der Waals surface area contributed by atoms with Crippen molar-refractivity contribution in [3.63, 3.8) is 0 Å². The van der Waals surface area contributed by atoms with Crippen LogP contribution in [0.25, 0.3) is 0 Å². The number of hydrogen-bond acceptors (Lipinski definition) is 2. The van der Waals surface area contributed by atoms with Crippen molar-refractivity contribution in [1.29, 1.82) is 0 Å². The van der Waals surface area contributed by atoms with E-state index in [9.17, 15) is 0 Å². The van der Waals surface area contributed by atoms with Gasteiger partial charge in [0.25, 0.3) is 0 Å². The van der Waals surface area contributed by atoms with Gasteiger partial charge in [0.15, 0.2) is 0 Å². The first-order chi connectivity index (χ1) is 7.74. The number of rotatable bonds is 3. The van der Waals surface area contributed by atoms with E-state index in [0.717, 1.165) is 6.04 Å². The molecular formula is C13H25N2P. The van der Waals surface area contributed by atoms with Crippen LogP contribution in [0.1, 0.15) is 32.6 Å². The summed E-state index contributed by atoms with van der Waals surface area (Å²) >= 11 is 0. The maximum atomic E-state index is 3.28. The molecule has 1 heterocycles. The molecule has 0 spiro atoms. The highest BCUT2D eigenvalue weighted by atomic mass is 31.1. The average Bonchev–Trinajstić information content (AvgIpc) is 2.48. The average molecular weight is 240 g/mol. The van der Waals surface area contributed by atoms with Crippen molar-refractivity contribution in [2.45, 2.75) is 38.6 Å². The summed E-state index contributed by atoms with van der Waals surface area (Å²) in [6, 6.07) is 3.75. The summed E-state index contributed by atoms with van der Waals surface area (Å²) in [5.41, 5.74) is 3.28. The SMILES string of the molecule is CNC#CP(C)CCN1CCCCCC1C. The van der Waals surface area contributed by atoms with Gasteiger partial charge in [-0.05, 0) is 47.1 Å². The normalized spacial score (nSPS) is 24.1. The largest absolute Gasteiger partial charge is 0.349 e. The molecule has 1 aliphatic rings. The Bertz CT molecular complexity index is 244. The molecule has 92 valence electrons. The minimum absolute atomic E-state index is 0.104. The molecule has 0 amide bonds. The molecule has 0 aromatic carbocycles. The fraction of sp³-hybridized carbons (Fsp3) is 0.846. The molecule has 16 heavy (non-hydrogen) atoms. The van der Waals surface area contributed by atoms with Crippen molar-refractivity contribution in [3.05, 3.63) is 0 Å². The Labute approximate surface area is 102 Å². The summed E-state index contributed by atoms with van der Waals surface area (Å²) in [6.07, 6.45) is 6.85. The van der Waals surface area contributed by atoms with Gasteiger partial charge in [0.1, 0.15) is 0 Å². The molecule has 0 aliphatic carbocycles. The Kier molecular flexibility index (Phi) is 6.85. The van der Waals surface area contributed by atoms with Crippen LogP contribution in [0.15, 0.2) is 0 Å². The first kappa shape index (κ1) is 13.8. The van der Waals surface area contributed by atoms with Gasteiger partial charge >= 0.3 is 0 Å². The Hall–Kier alpha value is -0.250. The molecule has 2 atom stereocenters. The molecule has 1 fully saturated rings. The lowest BCUT2D eigenvalue weighted by Crippen LogP contribution is -2.34. The van der Waals surface area contributed by atoms with E-state index in [0.29, 0.717) is 0 Å². The van der Waals surface area contributed by atoms with E-state index in [1.165, 1.54) is 44.9 Å². The quantitative estimate of drug-likeness (QED) is 0.463.